The third-order valence-electron chi connectivity index (χ3n) is 10.9. The van der Waals surface area contributed by atoms with Crippen LogP contribution in [0.4, 0.5) is 11.4 Å². The second-order valence-corrected chi connectivity index (χ2v) is 13.2. The number of phenolic OH excluding ortho intramolecular Hbond substituents is 1. The number of carbonyl (C=O) groups excluding carboxylic acids is 4. The summed E-state index contributed by atoms with van der Waals surface area (Å²) in [5.41, 5.74) is 1.62. The number of aromatic hydroxyl groups is 1. The van der Waals surface area contributed by atoms with Crippen molar-refractivity contribution < 1.29 is 29.2 Å². The predicted molar refractivity (Wildman–Crippen MR) is 180 cm³/mol. The van der Waals surface area contributed by atoms with E-state index in [1.165, 1.54) is 30.3 Å². The highest BCUT2D eigenvalue weighted by Gasteiger charge is 2.66. The van der Waals surface area contributed by atoms with Gasteiger partial charge in [0.2, 0.25) is 11.8 Å². The number of benzene rings is 4. The largest absolute Gasteiger partial charge is 0.508 e. The lowest BCUT2D eigenvalue weighted by atomic mass is 9.44. The molecule has 0 aromatic heterocycles. The standard InChI is InChI=1S/C40H30N2O7/c43-28-16-14-24(15-17-28)36-29-18-19-30-35(39(47)41(38(30)46)26-12-7-13-27(20-26)42(48)49)32(29)21-33-37(45)31(23-8-3-1-4-9-23)22-34(44)40(33,36)25-10-5-2-6-11-25/h1-18,20,22,30,32-33,35-36,43H,19,21H2. The van der Waals surface area contributed by atoms with Crippen LogP contribution in [-0.4, -0.2) is 33.4 Å². The number of nitro groups is 1. The van der Waals surface area contributed by atoms with Crippen LogP contribution >= 0.6 is 0 Å². The first-order valence-electron chi connectivity index (χ1n) is 16.2. The van der Waals surface area contributed by atoms with Crippen LogP contribution in [0.15, 0.2) is 127 Å². The first kappa shape index (κ1) is 30.4. The highest BCUT2D eigenvalue weighted by molar-refractivity contribution is 6.32. The number of anilines is 1. The van der Waals surface area contributed by atoms with Gasteiger partial charge in [-0.3, -0.25) is 29.3 Å². The van der Waals surface area contributed by atoms with E-state index in [0.717, 1.165) is 10.5 Å². The van der Waals surface area contributed by atoms with E-state index in [4.69, 9.17) is 0 Å². The maximum atomic E-state index is 15.0. The Balaban J connectivity index is 1.33. The summed E-state index contributed by atoms with van der Waals surface area (Å²) >= 11 is 0. The summed E-state index contributed by atoms with van der Waals surface area (Å²) in [7, 11) is 0. The number of hydrogen-bond acceptors (Lipinski definition) is 7. The third kappa shape index (κ3) is 4.45. The number of amides is 2. The van der Waals surface area contributed by atoms with Crippen LogP contribution < -0.4 is 4.90 Å². The van der Waals surface area contributed by atoms with Gasteiger partial charge in [-0.25, -0.2) is 4.90 Å². The van der Waals surface area contributed by atoms with E-state index >= 15 is 0 Å². The molecule has 1 saturated carbocycles. The molecule has 1 aliphatic heterocycles. The van der Waals surface area contributed by atoms with E-state index in [0.29, 0.717) is 22.3 Å². The number of hydrogen-bond donors (Lipinski definition) is 1. The Morgan fingerprint density at radius 2 is 1.49 bits per heavy atom. The van der Waals surface area contributed by atoms with Gasteiger partial charge in [0.15, 0.2) is 11.6 Å². The summed E-state index contributed by atoms with van der Waals surface area (Å²) in [5, 5.41) is 21.8. The van der Waals surface area contributed by atoms with Gasteiger partial charge in [0.05, 0.1) is 27.9 Å². The zero-order valence-electron chi connectivity index (χ0n) is 26.1. The molecular formula is C40H30N2O7. The van der Waals surface area contributed by atoms with Crippen molar-refractivity contribution in [3.63, 3.8) is 0 Å². The van der Waals surface area contributed by atoms with Crippen LogP contribution in [0.25, 0.3) is 5.57 Å². The van der Waals surface area contributed by atoms with Crippen LogP contribution in [0.1, 0.15) is 35.4 Å². The third-order valence-corrected chi connectivity index (χ3v) is 10.9. The van der Waals surface area contributed by atoms with Crippen molar-refractivity contribution in [2.45, 2.75) is 24.2 Å². The second kappa shape index (κ2) is 11.3. The minimum atomic E-state index is -1.37. The van der Waals surface area contributed by atoms with Crippen LogP contribution in [0.3, 0.4) is 0 Å². The molecule has 9 nitrogen and oxygen atoms in total. The van der Waals surface area contributed by atoms with Gasteiger partial charge in [-0.15, -0.1) is 0 Å². The smallest absolute Gasteiger partial charge is 0.271 e. The van der Waals surface area contributed by atoms with E-state index in [1.54, 1.807) is 36.4 Å². The van der Waals surface area contributed by atoms with Crippen LogP contribution in [0.2, 0.25) is 0 Å². The van der Waals surface area contributed by atoms with Crippen molar-refractivity contribution in [3.05, 3.63) is 154 Å². The number of imide groups is 1. The summed E-state index contributed by atoms with van der Waals surface area (Å²) < 4.78 is 0. The van der Waals surface area contributed by atoms with E-state index in [1.807, 2.05) is 54.6 Å². The van der Waals surface area contributed by atoms with Gasteiger partial charge in [0, 0.05) is 29.5 Å². The Bertz CT molecular complexity index is 2120. The molecule has 8 rings (SSSR count). The Kier molecular flexibility index (Phi) is 7.03. The second-order valence-electron chi connectivity index (χ2n) is 13.2. The SMILES string of the molecule is O=C1C(c2ccccc2)=CC(=O)C2(c3ccccc3)C1CC1C(=CCC3C(=O)N(c4cccc([N+](=O)[O-])c4)C(=O)C31)C2c1ccc(O)cc1. The highest BCUT2D eigenvalue weighted by atomic mass is 16.6. The molecule has 242 valence electrons. The minimum Gasteiger partial charge on any atom is -0.508 e. The van der Waals surface area contributed by atoms with Crippen LogP contribution in [0, 0.1) is 33.8 Å². The number of rotatable bonds is 5. The van der Waals surface area contributed by atoms with Gasteiger partial charge in [-0.1, -0.05) is 90.5 Å². The fourth-order valence-corrected chi connectivity index (χ4v) is 8.92. The highest BCUT2D eigenvalue weighted by Crippen LogP contribution is 2.63. The minimum absolute atomic E-state index is 0.0422. The van der Waals surface area contributed by atoms with E-state index < -0.39 is 51.7 Å². The molecule has 4 aromatic rings. The van der Waals surface area contributed by atoms with Gasteiger partial charge >= 0.3 is 0 Å². The molecule has 2 amide bonds. The van der Waals surface area contributed by atoms with Gasteiger partial charge in [-0.05, 0) is 59.7 Å². The molecule has 4 aliphatic rings. The van der Waals surface area contributed by atoms with E-state index in [2.05, 4.69) is 0 Å². The van der Waals surface area contributed by atoms with Crippen LogP contribution in [-0.2, 0) is 24.6 Å². The van der Waals surface area contributed by atoms with Gasteiger partial charge in [0.25, 0.3) is 5.69 Å². The molecule has 0 radical (unpaired) electrons. The molecule has 1 saturated heterocycles. The number of nitro benzene ring substituents is 1. The van der Waals surface area contributed by atoms with Crippen molar-refractivity contribution in [2.24, 2.45) is 23.7 Å². The number of phenols is 1. The maximum Gasteiger partial charge on any atom is 0.271 e. The lowest BCUT2D eigenvalue weighted by molar-refractivity contribution is -0.384. The number of non-ortho nitro benzene ring substituents is 1. The molecular weight excluding hydrogens is 620 g/mol. The molecule has 2 fully saturated rings. The molecule has 3 aliphatic carbocycles. The molecule has 6 unspecified atom stereocenters. The lowest BCUT2D eigenvalue weighted by Crippen LogP contribution is -2.58. The molecule has 1 N–H and O–H groups in total. The van der Waals surface area contributed by atoms with Gasteiger partial charge in [0.1, 0.15) is 5.75 Å². The molecule has 0 bridgehead atoms. The quantitative estimate of drug-likeness (QED) is 0.115. The van der Waals surface area contributed by atoms with E-state index in [9.17, 15) is 34.4 Å². The Morgan fingerprint density at radius 1 is 0.796 bits per heavy atom. The molecule has 9 heteroatoms. The predicted octanol–water partition coefficient (Wildman–Crippen LogP) is 6.33. The number of allylic oxidation sites excluding steroid dienone is 4. The first-order chi connectivity index (χ1) is 23.7. The molecule has 1 heterocycles. The maximum absolute atomic E-state index is 15.0. The number of carbonyl (C=O) groups is 4. The van der Waals surface area contributed by atoms with Gasteiger partial charge in [-0.2, -0.15) is 0 Å². The molecule has 4 aromatic carbocycles. The van der Waals surface area contributed by atoms with Crippen molar-refractivity contribution in [1.29, 1.82) is 0 Å². The zero-order valence-corrected chi connectivity index (χ0v) is 26.1. The lowest BCUT2D eigenvalue weighted by Gasteiger charge is -2.55. The van der Waals surface area contributed by atoms with Crippen molar-refractivity contribution in [2.75, 3.05) is 4.90 Å². The van der Waals surface area contributed by atoms with Crippen molar-refractivity contribution >= 4 is 40.3 Å². The summed E-state index contributed by atoms with van der Waals surface area (Å²) in [6, 6.07) is 30.4. The number of ketones is 2. The summed E-state index contributed by atoms with van der Waals surface area (Å²) in [6.45, 7) is 0. The zero-order chi connectivity index (χ0) is 34.0. The van der Waals surface area contributed by atoms with Crippen molar-refractivity contribution in [1.82, 2.24) is 0 Å². The normalized spacial score (nSPS) is 27.5. The number of Topliss-reactive ketones (excluding diaryl/α,β-unsaturated/α-hetero) is 1. The molecule has 0 spiro atoms. The average Bonchev–Trinajstić information content (AvgIpc) is 3.39. The van der Waals surface area contributed by atoms with E-state index in [-0.39, 0.29) is 41.5 Å². The summed E-state index contributed by atoms with van der Waals surface area (Å²) in [6.07, 6.45) is 3.80. The summed E-state index contributed by atoms with van der Waals surface area (Å²) in [5.74, 6) is -5.05. The average molecular weight is 651 g/mol. The van der Waals surface area contributed by atoms with Gasteiger partial charge < -0.3 is 5.11 Å². The molecule has 6 atom stereocenters. The Hall–Kier alpha value is -5.96. The molecule has 49 heavy (non-hydrogen) atoms. The van der Waals surface area contributed by atoms with Crippen molar-refractivity contribution in [3.8, 4) is 5.75 Å². The fraction of sp³-hybridized carbons (Fsp3) is 0.200. The topological polar surface area (TPSA) is 135 Å². The number of nitrogens with zero attached hydrogens (tertiary/aromatic N) is 2. The summed E-state index contributed by atoms with van der Waals surface area (Å²) in [4.78, 5) is 70.3. The monoisotopic (exact) mass is 650 g/mol. The number of fused-ring (bicyclic) bond motifs is 4. The fourth-order valence-electron chi connectivity index (χ4n) is 8.92. The van der Waals surface area contributed by atoms with Crippen LogP contribution in [0.5, 0.6) is 5.75 Å². The Morgan fingerprint density at radius 3 is 2.18 bits per heavy atom. The first-order valence-corrected chi connectivity index (χ1v) is 16.2. The Labute approximate surface area is 281 Å².